The van der Waals surface area contributed by atoms with Crippen molar-refractivity contribution in [2.75, 3.05) is 42.6 Å². The van der Waals surface area contributed by atoms with E-state index in [9.17, 15) is 9.18 Å². The molecule has 2 aliphatic heterocycles. The third-order valence-corrected chi connectivity index (χ3v) is 4.69. The van der Waals surface area contributed by atoms with Crippen LogP contribution in [0.2, 0.25) is 0 Å². The molecule has 1 atom stereocenters. The molecular weight excluding hydrogens is 279 g/mol. The Hall–Kier alpha value is -1.37. The predicted molar refractivity (Wildman–Crippen MR) is 76.2 cm³/mol. The highest BCUT2D eigenvalue weighted by Gasteiger charge is 2.32. The Bertz CT molecular complexity index is 478. The fourth-order valence-corrected chi connectivity index (χ4v) is 3.56. The van der Waals surface area contributed by atoms with Gasteiger partial charge in [0.1, 0.15) is 0 Å². The SMILES string of the molecule is O=C(C1CCN(c2ncc(F)cn2)C1)N1CCSCC1. The van der Waals surface area contributed by atoms with Crippen LogP contribution in [0.5, 0.6) is 0 Å². The van der Waals surface area contributed by atoms with Gasteiger partial charge in [0.25, 0.3) is 0 Å². The molecule has 3 heterocycles. The van der Waals surface area contributed by atoms with Gasteiger partial charge in [-0.05, 0) is 6.42 Å². The molecule has 0 aliphatic carbocycles. The van der Waals surface area contributed by atoms with Crippen molar-refractivity contribution in [3.05, 3.63) is 18.2 Å². The third kappa shape index (κ3) is 2.87. The van der Waals surface area contributed by atoms with Gasteiger partial charge in [-0.15, -0.1) is 0 Å². The molecule has 108 valence electrons. The van der Waals surface area contributed by atoms with E-state index in [0.29, 0.717) is 12.5 Å². The molecule has 20 heavy (non-hydrogen) atoms. The normalized spacial score (nSPS) is 23.1. The second-order valence-corrected chi connectivity index (χ2v) is 6.30. The summed E-state index contributed by atoms with van der Waals surface area (Å²) in [4.78, 5) is 24.3. The van der Waals surface area contributed by atoms with Crippen molar-refractivity contribution in [1.82, 2.24) is 14.9 Å². The number of amides is 1. The van der Waals surface area contributed by atoms with Gasteiger partial charge in [-0.2, -0.15) is 11.8 Å². The van der Waals surface area contributed by atoms with Crippen molar-refractivity contribution in [2.45, 2.75) is 6.42 Å². The summed E-state index contributed by atoms with van der Waals surface area (Å²) < 4.78 is 12.8. The average Bonchev–Trinajstić information content (AvgIpc) is 2.98. The van der Waals surface area contributed by atoms with E-state index in [4.69, 9.17) is 0 Å². The summed E-state index contributed by atoms with van der Waals surface area (Å²) in [6, 6.07) is 0. The molecule has 3 rings (SSSR count). The first-order valence-electron chi connectivity index (χ1n) is 6.83. The maximum Gasteiger partial charge on any atom is 0.227 e. The zero-order valence-electron chi connectivity index (χ0n) is 11.2. The molecule has 2 saturated heterocycles. The standard InChI is InChI=1S/C13H17FN4OS/c14-11-7-15-13(16-8-11)18-2-1-10(9-18)12(19)17-3-5-20-6-4-17/h7-8,10H,1-6,9H2. The molecule has 0 spiro atoms. The second kappa shape index (κ2) is 5.95. The summed E-state index contributed by atoms with van der Waals surface area (Å²) in [5.74, 6) is 2.40. The first kappa shape index (κ1) is 13.6. The van der Waals surface area contributed by atoms with Gasteiger partial charge in [0.2, 0.25) is 11.9 Å². The van der Waals surface area contributed by atoms with Crippen LogP contribution in [0.4, 0.5) is 10.3 Å². The predicted octanol–water partition coefficient (Wildman–Crippen LogP) is 1.02. The number of nitrogens with zero attached hydrogens (tertiary/aromatic N) is 4. The molecule has 5 nitrogen and oxygen atoms in total. The molecular formula is C13H17FN4OS. The van der Waals surface area contributed by atoms with Crippen LogP contribution in [-0.4, -0.2) is 58.5 Å². The third-order valence-electron chi connectivity index (χ3n) is 3.75. The summed E-state index contributed by atoms with van der Waals surface area (Å²) in [6.07, 6.45) is 3.15. The number of hydrogen-bond donors (Lipinski definition) is 0. The number of thioether (sulfide) groups is 1. The molecule has 1 unspecified atom stereocenters. The van der Waals surface area contributed by atoms with Crippen molar-refractivity contribution in [2.24, 2.45) is 5.92 Å². The molecule has 7 heteroatoms. The van der Waals surface area contributed by atoms with Gasteiger partial charge in [0.05, 0.1) is 18.3 Å². The fourth-order valence-electron chi connectivity index (χ4n) is 2.65. The summed E-state index contributed by atoms with van der Waals surface area (Å²) >= 11 is 1.90. The first-order chi connectivity index (χ1) is 9.74. The number of halogens is 1. The molecule has 0 N–H and O–H groups in total. The number of aromatic nitrogens is 2. The number of rotatable bonds is 2. The highest BCUT2D eigenvalue weighted by molar-refractivity contribution is 7.99. The van der Waals surface area contributed by atoms with E-state index in [-0.39, 0.29) is 11.8 Å². The molecule has 2 fully saturated rings. The highest BCUT2D eigenvalue weighted by atomic mass is 32.2. The second-order valence-electron chi connectivity index (χ2n) is 5.07. The molecule has 1 aromatic heterocycles. The minimum absolute atomic E-state index is 0.0201. The van der Waals surface area contributed by atoms with E-state index in [1.165, 1.54) is 12.4 Å². The Morgan fingerprint density at radius 2 is 1.95 bits per heavy atom. The van der Waals surface area contributed by atoms with Crippen LogP contribution in [0.15, 0.2) is 12.4 Å². The lowest BCUT2D eigenvalue weighted by Crippen LogP contribution is -2.42. The molecule has 1 amide bonds. The lowest BCUT2D eigenvalue weighted by Gasteiger charge is -2.28. The fraction of sp³-hybridized carbons (Fsp3) is 0.615. The molecule has 0 saturated carbocycles. The Balaban J connectivity index is 1.61. The molecule has 0 bridgehead atoms. The van der Waals surface area contributed by atoms with Gasteiger partial charge in [-0.3, -0.25) is 4.79 Å². The van der Waals surface area contributed by atoms with Crippen LogP contribution in [0.3, 0.4) is 0 Å². The van der Waals surface area contributed by atoms with E-state index in [1.807, 2.05) is 21.6 Å². The average molecular weight is 296 g/mol. The zero-order chi connectivity index (χ0) is 13.9. The summed E-state index contributed by atoms with van der Waals surface area (Å²) in [7, 11) is 0. The van der Waals surface area contributed by atoms with Crippen molar-refractivity contribution >= 4 is 23.6 Å². The summed E-state index contributed by atoms with van der Waals surface area (Å²) in [5.41, 5.74) is 0. The Morgan fingerprint density at radius 3 is 2.65 bits per heavy atom. The smallest absolute Gasteiger partial charge is 0.227 e. The van der Waals surface area contributed by atoms with Crippen LogP contribution >= 0.6 is 11.8 Å². The maximum atomic E-state index is 12.8. The van der Waals surface area contributed by atoms with Crippen molar-refractivity contribution in [3.63, 3.8) is 0 Å². The lowest BCUT2D eigenvalue weighted by atomic mass is 10.1. The van der Waals surface area contributed by atoms with E-state index in [2.05, 4.69) is 9.97 Å². The summed E-state index contributed by atoms with van der Waals surface area (Å²) in [5, 5.41) is 0. The van der Waals surface area contributed by atoms with E-state index < -0.39 is 5.82 Å². The van der Waals surface area contributed by atoms with E-state index in [1.54, 1.807) is 0 Å². The van der Waals surface area contributed by atoms with Crippen molar-refractivity contribution in [3.8, 4) is 0 Å². The lowest BCUT2D eigenvalue weighted by molar-refractivity contribution is -0.134. The van der Waals surface area contributed by atoms with Crippen LogP contribution in [0, 0.1) is 11.7 Å². The Labute approximate surface area is 121 Å². The number of carbonyl (C=O) groups is 1. The van der Waals surface area contributed by atoms with Crippen LogP contribution in [0.25, 0.3) is 0 Å². The van der Waals surface area contributed by atoms with Gasteiger partial charge in [-0.25, -0.2) is 14.4 Å². The minimum atomic E-state index is -0.439. The number of hydrogen-bond acceptors (Lipinski definition) is 5. The maximum absolute atomic E-state index is 12.8. The van der Waals surface area contributed by atoms with Crippen molar-refractivity contribution < 1.29 is 9.18 Å². The molecule has 1 aromatic rings. The zero-order valence-corrected chi connectivity index (χ0v) is 12.0. The Morgan fingerprint density at radius 1 is 1.25 bits per heavy atom. The van der Waals surface area contributed by atoms with Crippen molar-refractivity contribution in [1.29, 1.82) is 0 Å². The van der Waals surface area contributed by atoms with E-state index in [0.717, 1.165) is 37.6 Å². The van der Waals surface area contributed by atoms with Gasteiger partial charge in [0, 0.05) is 37.7 Å². The quantitative estimate of drug-likeness (QED) is 0.815. The van der Waals surface area contributed by atoms with Gasteiger partial charge >= 0.3 is 0 Å². The highest BCUT2D eigenvalue weighted by Crippen LogP contribution is 2.23. The number of carbonyl (C=O) groups excluding carboxylic acids is 1. The van der Waals surface area contributed by atoms with Crippen LogP contribution in [0.1, 0.15) is 6.42 Å². The molecule has 0 aromatic carbocycles. The van der Waals surface area contributed by atoms with Gasteiger partial charge in [0.15, 0.2) is 5.82 Å². The largest absolute Gasteiger partial charge is 0.341 e. The van der Waals surface area contributed by atoms with Gasteiger partial charge in [-0.1, -0.05) is 0 Å². The topological polar surface area (TPSA) is 49.3 Å². The number of anilines is 1. The monoisotopic (exact) mass is 296 g/mol. The van der Waals surface area contributed by atoms with E-state index >= 15 is 0 Å². The first-order valence-corrected chi connectivity index (χ1v) is 7.98. The van der Waals surface area contributed by atoms with Crippen LogP contribution < -0.4 is 4.90 Å². The molecule has 2 aliphatic rings. The summed E-state index contributed by atoms with van der Waals surface area (Å²) in [6.45, 7) is 3.10. The van der Waals surface area contributed by atoms with Gasteiger partial charge < -0.3 is 9.80 Å². The van der Waals surface area contributed by atoms with Crippen LogP contribution in [-0.2, 0) is 4.79 Å². The Kier molecular flexibility index (Phi) is 4.05. The minimum Gasteiger partial charge on any atom is -0.341 e. The molecule has 0 radical (unpaired) electrons.